The second-order valence-corrected chi connectivity index (χ2v) is 7.06. The Morgan fingerprint density at radius 3 is 2.61 bits per heavy atom. The van der Waals surface area contributed by atoms with Crippen LogP contribution in [0.1, 0.15) is 38.7 Å². The van der Waals surface area contributed by atoms with Crippen LogP contribution in [0.5, 0.6) is 0 Å². The van der Waals surface area contributed by atoms with E-state index in [1.807, 2.05) is 34.0 Å². The van der Waals surface area contributed by atoms with Crippen molar-refractivity contribution < 1.29 is 14.3 Å². The minimum absolute atomic E-state index is 0.0684. The van der Waals surface area contributed by atoms with Crippen LogP contribution in [0.3, 0.4) is 0 Å². The monoisotopic (exact) mass is 319 g/mol. The van der Waals surface area contributed by atoms with Crippen molar-refractivity contribution in [2.45, 2.75) is 38.7 Å². The zero-order chi connectivity index (χ0) is 17.2. The van der Waals surface area contributed by atoms with E-state index in [4.69, 9.17) is 4.74 Å². The first-order valence-electron chi connectivity index (χ1n) is 7.82. The molecule has 1 aliphatic rings. The Balaban J connectivity index is 2.19. The van der Waals surface area contributed by atoms with Crippen LogP contribution >= 0.6 is 0 Å². The molecule has 23 heavy (non-hydrogen) atoms. The predicted molar refractivity (Wildman–Crippen MR) is 86.7 cm³/mol. The number of carbonyl (C=O) groups excluding carboxylic acids is 2. The molecule has 1 amide bonds. The summed E-state index contributed by atoms with van der Waals surface area (Å²) in [7, 11) is 1.85. The zero-order valence-corrected chi connectivity index (χ0v) is 14.3. The number of amides is 1. The van der Waals surface area contributed by atoms with Gasteiger partial charge in [-0.1, -0.05) is 6.58 Å². The van der Waals surface area contributed by atoms with E-state index in [0.29, 0.717) is 19.5 Å². The van der Waals surface area contributed by atoms with Crippen LogP contribution in [0, 0.1) is 5.92 Å². The number of piperidine rings is 1. The quantitative estimate of drug-likeness (QED) is 0.630. The lowest BCUT2D eigenvalue weighted by molar-refractivity contribution is -0.162. The number of hydrogen-bond donors (Lipinski definition) is 0. The van der Waals surface area contributed by atoms with Gasteiger partial charge in [-0.3, -0.25) is 14.3 Å². The number of carbonyl (C=O) groups is 2. The molecule has 0 radical (unpaired) electrons. The van der Waals surface area contributed by atoms with Crippen molar-refractivity contribution in [2.75, 3.05) is 13.1 Å². The minimum atomic E-state index is -0.536. The SMILES string of the molecule is C=CC(=O)N1CC(C(=O)OC(C)(C)C)CC(c2cnn(C)c2)C1. The van der Waals surface area contributed by atoms with Crippen molar-refractivity contribution >= 4 is 11.9 Å². The lowest BCUT2D eigenvalue weighted by Gasteiger charge is -2.37. The molecule has 126 valence electrons. The number of rotatable bonds is 3. The molecule has 6 heteroatoms. The van der Waals surface area contributed by atoms with Gasteiger partial charge in [0, 0.05) is 32.3 Å². The number of aromatic nitrogens is 2. The zero-order valence-electron chi connectivity index (χ0n) is 14.3. The molecular weight excluding hydrogens is 294 g/mol. The molecule has 1 aliphatic heterocycles. The van der Waals surface area contributed by atoms with Crippen molar-refractivity contribution in [3.63, 3.8) is 0 Å². The maximum atomic E-state index is 12.4. The largest absolute Gasteiger partial charge is 0.460 e. The van der Waals surface area contributed by atoms with Gasteiger partial charge in [0.25, 0.3) is 0 Å². The highest BCUT2D eigenvalue weighted by Gasteiger charge is 2.36. The molecule has 1 fully saturated rings. The summed E-state index contributed by atoms with van der Waals surface area (Å²) in [5.41, 5.74) is 0.494. The second-order valence-electron chi connectivity index (χ2n) is 7.06. The summed E-state index contributed by atoms with van der Waals surface area (Å²) in [4.78, 5) is 26.2. The van der Waals surface area contributed by atoms with Crippen molar-refractivity contribution in [1.29, 1.82) is 0 Å². The molecule has 2 rings (SSSR count). The van der Waals surface area contributed by atoms with Crippen LogP contribution in [0.2, 0.25) is 0 Å². The summed E-state index contributed by atoms with van der Waals surface area (Å²) in [6.07, 6.45) is 5.66. The van der Waals surface area contributed by atoms with Gasteiger partial charge in [-0.25, -0.2) is 0 Å². The lowest BCUT2D eigenvalue weighted by atomic mass is 9.85. The predicted octanol–water partition coefficient (Wildman–Crippen LogP) is 1.88. The van der Waals surface area contributed by atoms with Crippen molar-refractivity contribution in [3.05, 3.63) is 30.6 Å². The fourth-order valence-electron chi connectivity index (χ4n) is 2.86. The smallest absolute Gasteiger partial charge is 0.311 e. The number of aryl methyl sites for hydroxylation is 1. The third kappa shape index (κ3) is 4.43. The molecule has 6 nitrogen and oxygen atoms in total. The Kier molecular flexibility index (Phi) is 4.92. The first-order chi connectivity index (χ1) is 10.7. The Morgan fingerprint density at radius 1 is 1.39 bits per heavy atom. The van der Waals surface area contributed by atoms with Crippen molar-refractivity contribution in [2.24, 2.45) is 13.0 Å². The van der Waals surface area contributed by atoms with Crippen LogP contribution in [0.15, 0.2) is 25.0 Å². The molecule has 0 spiro atoms. The fourth-order valence-corrected chi connectivity index (χ4v) is 2.86. The summed E-state index contributed by atoms with van der Waals surface area (Å²) in [6.45, 7) is 10.0. The van der Waals surface area contributed by atoms with E-state index in [2.05, 4.69) is 11.7 Å². The molecule has 1 saturated heterocycles. The van der Waals surface area contributed by atoms with Crippen LogP contribution in [0.25, 0.3) is 0 Å². The summed E-state index contributed by atoms with van der Waals surface area (Å²) >= 11 is 0. The van der Waals surface area contributed by atoms with Crippen LogP contribution in [0.4, 0.5) is 0 Å². The normalized spacial score (nSPS) is 21.8. The molecule has 2 atom stereocenters. The first kappa shape index (κ1) is 17.2. The van der Waals surface area contributed by atoms with Gasteiger partial charge >= 0.3 is 5.97 Å². The highest BCUT2D eigenvalue weighted by atomic mass is 16.6. The highest BCUT2D eigenvalue weighted by Crippen LogP contribution is 2.31. The maximum absolute atomic E-state index is 12.4. The van der Waals surface area contributed by atoms with E-state index in [1.54, 1.807) is 15.8 Å². The van der Waals surface area contributed by atoms with E-state index in [1.165, 1.54) is 6.08 Å². The first-order valence-corrected chi connectivity index (χ1v) is 7.82. The topological polar surface area (TPSA) is 64.4 Å². The molecule has 2 unspecified atom stereocenters. The molecule has 0 aromatic carbocycles. The molecule has 0 bridgehead atoms. The second kappa shape index (κ2) is 6.56. The summed E-state index contributed by atoms with van der Waals surface area (Å²) < 4.78 is 7.23. The molecule has 0 aliphatic carbocycles. The summed E-state index contributed by atoms with van der Waals surface area (Å²) in [6, 6.07) is 0. The van der Waals surface area contributed by atoms with E-state index in [9.17, 15) is 9.59 Å². The van der Waals surface area contributed by atoms with Gasteiger partial charge in [0.1, 0.15) is 5.60 Å². The number of likely N-dealkylation sites (tertiary alicyclic amines) is 1. The van der Waals surface area contributed by atoms with Gasteiger partial charge in [0.05, 0.1) is 12.1 Å². The van der Waals surface area contributed by atoms with Gasteiger partial charge < -0.3 is 9.64 Å². The third-order valence-electron chi connectivity index (χ3n) is 3.87. The molecular formula is C17H25N3O3. The number of ether oxygens (including phenoxy) is 1. The van der Waals surface area contributed by atoms with E-state index in [-0.39, 0.29) is 23.7 Å². The Bertz CT molecular complexity index is 600. The number of nitrogens with zero attached hydrogens (tertiary/aromatic N) is 3. The number of esters is 1. The molecule has 2 heterocycles. The fraction of sp³-hybridized carbons (Fsp3) is 0.588. The van der Waals surface area contributed by atoms with Gasteiger partial charge in [0.15, 0.2) is 0 Å². The molecule has 1 aromatic rings. The average molecular weight is 319 g/mol. The van der Waals surface area contributed by atoms with Gasteiger partial charge in [-0.15, -0.1) is 0 Å². The van der Waals surface area contributed by atoms with Crippen LogP contribution in [-0.2, 0) is 21.4 Å². The van der Waals surface area contributed by atoms with E-state index < -0.39 is 5.60 Å². The average Bonchev–Trinajstić information content (AvgIpc) is 2.90. The summed E-state index contributed by atoms with van der Waals surface area (Å²) in [5, 5.41) is 4.19. The van der Waals surface area contributed by atoms with Gasteiger partial charge in [-0.2, -0.15) is 5.10 Å². The van der Waals surface area contributed by atoms with Crippen LogP contribution in [-0.4, -0.2) is 45.2 Å². The van der Waals surface area contributed by atoms with E-state index >= 15 is 0 Å². The Hall–Kier alpha value is -2.11. The maximum Gasteiger partial charge on any atom is 0.311 e. The standard InChI is InChI=1S/C17H25N3O3/c1-6-15(21)20-10-12(14-8-18-19(5)9-14)7-13(11-20)16(22)23-17(2,3)4/h6,8-9,12-13H,1,7,10-11H2,2-5H3. The lowest BCUT2D eigenvalue weighted by Crippen LogP contribution is -2.46. The van der Waals surface area contributed by atoms with Crippen LogP contribution < -0.4 is 0 Å². The molecule has 1 aromatic heterocycles. The molecule has 0 saturated carbocycles. The van der Waals surface area contributed by atoms with Crippen molar-refractivity contribution in [1.82, 2.24) is 14.7 Å². The third-order valence-corrected chi connectivity index (χ3v) is 3.87. The van der Waals surface area contributed by atoms with Crippen molar-refractivity contribution in [3.8, 4) is 0 Å². The Morgan fingerprint density at radius 2 is 2.09 bits per heavy atom. The molecule has 0 N–H and O–H groups in total. The van der Waals surface area contributed by atoms with Gasteiger partial charge in [0.2, 0.25) is 5.91 Å². The van der Waals surface area contributed by atoms with E-state index in [0.717, 1.165) is 5.56 Å². The Labute approximate surface area is 137 Å². The highest BCUT2D eigenvalue weighted by molar-refractivity contribution is 5.87. The van der Waals surface area contributed by atoms with Gasteiger partial charge in [-0.05, 0) is 38.8 Å². The summed E-state index contributed by atoms with van der Waals surface area (Å²) in [5.74, 6) is -0.684. The minimum Gasteiger partial charge on any atom is -0.460 e. The number of hydrogen-bond acceptors (Lipinski definition) is 4.